The highest BCUT2D eigenvalue weighted by molar-refractivity contribution is 5.91. The summed E-state index contributed by atoms with van der Waals surface area (Å²) in [5.74, 6) is -0.234. The van der Waals surface area contributed by atoms with Crippen molar-refractivity contribution in [1.82, 2.24) is 10.3 Å². The number of nitrogens with one attached hydrogen (secondary N) is 2. The number of aromatic nitrogens is 1. The maximum atomic E-state index is 11.9. The van der Waals surface area contributed by atoms with Crippen LogP contribution in [0.2, 0.25) is 0 Å². The van der Waals surface area contributed by atoms with E-state index in [-0.39, 0.29) is 12.0 Å². The standard InChI is InChI=1S/C15H15N3O2/c1-2-20-15(19)12-6-10-13(8-17-12)18-11-5-3-4-9(7-16)14(10)11/h3-5,12,17-18H,2,6,8H2,1H3. The van der Waals surface area contributed by atoms with E-state index in [1.54, 1.807) is 13.0 Å². The summed E-state index contributed by atoms with van der Waals surface area (Å²) in [6, 6.07) is 7.50. The second-order valence-electron chi connectivity index (χ2n) is 4.81. The normalized spacial score (nSPS) is 17.5. The number of benzene rings is 1. The van der Waals surface area contributed by atoms with Crippen molar-refractivity contribution < 1.29 is 9.53 Å². The van der Waals surface area contributed by atoms with Crippen molar-refractivity contribution in [2.24, 2.45) is 0 Å². The third kappa shape index (κ3) is 1.95. The molecule has 2 aromatic rings. The number of nitrogens with zero attached hydrogens (tertiary/aromatic N) is 1. The Bertz CT molecular complexity index is 712. The number of esters is 1. The van der Waals surface area contributed by atoms with Crippen molar-refractivity contribution in [2.75, 3.05) is 6.61 Å². The van der Waals surface area contributed by atoms with E-state index < -0.39 is 0 Å². The molecule has 5 nitrogen and oxygen atoms in total. The fraction of sp³-hybridized carbons (Fsp3) is 0.333. The quantitative estimate of drug-likeness (QED) is 0.812. The van der Waals surface area contributed by atoms with E-state index in [1.165, 1.54) is 0 Å². The fourth-order valence-electron chi connectivity index (χ4n) is 2.75. The number of fused-ring (bicyclic) bond motifs is 3. The third-order valence-electron chi connectivity index (χ3n) is 3.64. The first-order valence-corrected chi connectivity index (χ1v) is 6.67. The SMILES string of the molecule is CCOC(=O)C1Cc2c([nH]c3cccc(C#N)c23)CN1. The van der Waals surface area contributed by atoms with Gasteiger partial charge in [0.05, 0.1) is 18.2 Å². The molecular formula is C15H15N3O2. The van der Waals surface area contributed by atoms with Crippen molar-refractivity contribution >= 4 is 16.9 Å². The number of hydrogen-bond donors (Lipinski definition) is 2. The zero-order chi connectivity index (χ0) is 14.1. The second-order valence-corrected chi connectivity index (χ2v) is 4.81. The smallest absolute Gasteiger partial charge is 0.323 e. The number of H-pyrrole nitrogens is 1. The van der Waals surface area contributed by atoms with Crippen molar-refractivity contribution in [3.05, 3.63) is 35.0 Å². The Morgan fingerprint density at radius 3 is 3.15 bits per heavy atom. The minimum atomic E-state index is -0.340. The first-order valence-electron chi connectivity index (χ1n) is 6.67. The summed E-state index contributed by atoms with van der Waals surface area (Å²) in [6.45, 7) is 2.76. The Balaban J connectivity index is 2.04. The molecule has 0 aliphatic carbocycles. The van der Waals surface area contributed by atoms with Crippen LogP contribution in [0.25, 0.3) is 10.9 Å². The molecule has 0 fully saturated rings. The van der Waals surface area contributed by atoms with Crippen molar-refractivity contribution in [3.8, 4) is 6.07 Å². The molecule has 0 radical (unpaired) electrons. The van der Waals surface area contributed by atoms with Crippen molar-refractivity contribution in [3.63, 3.8) is 0 Å². The number of carbonyl (C=O) groups is 1. The van der Waals surface area contributed by atoms with E-state index in [0.29, 0.717) is 25.1 Å². The van der Waals surface area contributed by atoms with Gasteiger partial charge < -0.3 is 9.72 Å². The molecule has 1 aromatic heterocycles. The second kappa shape index (κ2) is 4.99. The molecule has 1 atom stereocenters. The van der Waals surface area contributed by atoms with Crippen LogP contribution in [0.1, 0.15) is 23.7 Å². The van der Waals surface area contributed by atoms with Gasteiger partial charge in [-0.05, 0) is 24.6 Å². The highest BCUT2D eigenvalue weighted by Gasteiger charge is 2.28. The first kappa shape index (κ1) is 12.7. The van der Waals surface area contributed by atoms with Gasteiger partial charge in [-0.15, -0.1) is 0 Å². The zero-order valence-corrected chi connectivity index (χ0v) is 11.2. The summed E-state index contributed by atoms with van der Waals surface area (Å²) in [7, 11) is 0. The molecule has 2 N–H and O–H groups in total. The van der Waals surface area contributed by atoms with Crippen LogP contribution in [0.3, 0.4) is 0 Å². The molecule has 1 unspecified atom stereocenters. The molecule has 5 heteroatoms. The van der Waals surface area contributed by atoms with Gasteiger partial charge in [-0.1, -0.05) is 6.07 Å². The monoisotopic (exact) mass is 269 g/mol. The van der Waals surface area contributed by atoms with Crippen LogP contribution in [0.4, 0.5) is 0 Å². The lowest BCUT2D eigenvalue weighted by molar-refractivity contribution is -0.145. The van der Waals surface area contributed by atoms with Gasteiger partial charge in [-0.25, -0.2) is 0 Å². The van der Waals surface area contributed by atoms with Gasteiger partial charge in [0.15, 0.2) is 0 Å². The maximum absolute atomic E-state index is 11.9. The van der Waals surface area contributed by atoms with Gasteiger partial charge in [-0.2, -0.15) is 5.26 Å². The van der Waals surface area contributed by atoms with E-state index in [2.05, 4.69) is 16.4 Å². The summed E-state index contributed by atoms with van der Waals surface area (Å²) in [5, 5.41) is 13.3. The number of rotatable bonds is 2. The topological polar surface area (TPSA) is 77.9 Å². The van der Waals surface area contributed by atoms with Gasteiger partial charge in [-0.3, -0.25) is 10.1 Å². The average Bonchev–Trinajstić information content (AvgIpc) is 2.85. The van der Waals surface area contributed by atoms with E-state index >= 15 is 0 Å². The van der Waals surface area contributed by atoms with E-state index in [1.807, 2.05) is 12.1 Å². The van der Waals surface area contributed by atoms with E-state index in [9.17, 15) is 10.1 Å². The number of ether oxygens (including phenoxy) is 1. The van der Waals surface area contributed by atoms with Crippen LogP contribution >= 0.6 is 0 Å². The summed E-state index contributed by atoms with van der Waals surface area (Å²) in [6.07, 6.45) is 0.548. The highest BCUT2D eigenvalue weighted by atomic mass is 16.5. The minimum absolute atomic E-state index is 0.234. The number of carbonyl (C=O) groups excluding carboxylic acids is 1. The molecule has 20 heavy (non-hydrogen) atoms. The number of hydrogen-bond acceptors (Lipinski definition) is 4. The van der Waals surface area contributed by atoms with Crippen LogP contribution < -0.4 is 5.32 Å². The van der Waals surface area contributed by atoms with Crippen LogP contribution in [-0.2, 0) is 22.5 Å². The van der Waals surface area contributed by atoms with Crippen molar-refractivity contribution in [2.45, 2.75) is 25.9 Å². The van der Waals surface area contributed by atoms with Gasteiger partial charge in [0.1, 0.15) is 6.04 Å². The Kier molecular flexibility index (Phi) is 3.17. The summed E-state index contributed by atoms with van der Waals surface area (Å²) >= 11 is 0. The summed E-state index contributed by atoms with van der Waals surface area (Å²) < 4.78 is 5.06. The number of nitriles is 1. The van der Waals surface area contributed by atoms with Crippen LogP contribution in [0.15, 0.2) is 18.2 Å². The third-order valence-corrected chi connectivity index (χ3v) is 3.64. The lowest BCUT2D eigenvalue weighted by Gasteiger charge is -2.22. The van der Waals surface area contributed by atoms with Gasteiger partial charge in [0.2, 0.25) is 0 Å². The Labute approximate surface area is 116 Å². The molecule has 2 heterocycles. The van der Waals surface area contributed by atoms with Gasteiger partial charge >= 0.3 is 5.97 Å². The zero-order valence-electron chi connectivity index (χ0n) is 11.2. The summed E-state index contributed by atoms with van der Waals surface area (Å²) in [5.41, 5.74) is 3.68. The maximum Gasteiger partial charge on any atom is 0.323 e. The molecular weight excluding hydrogens is 254 g/mol. The molecule has 1 aliphatic heterocycles. The highest BCUT2D eigenvalue weighted by Crippen LogP contribution is 2.29. The molecule has 3 rings (SSSR count). The van der Waals surface area contributed by atoms with Gasteiger partial charge in [0, 0.05) is 29.6 Å². The van der Waals surface area contributed by atoms with E-state index in [0.717, 1.165) is 22.2 Å². The predicted molar refractivity (Wildman–Crippen MR) is 74.0 cm³/mol. The molecule has 1 aliphatic rings. The molecule has 0 spiro atoms. The minimum Gasteiger partial charge on any atom is -0.465 e. The van der Waals surface area contributed by atoms with Crippen LogP contribution in [-0.4, -0.2) is 23.6 Å². The van der Waals surface area contributed by atoms with Crippen LogP contribution in [0.5, 0.6) is 0 Å². The lowest BCUT2D eigenvalue weighted by atomic mass is 9.96. The van der Waals surface area contributed by atoms with Gasteiger partial charge in [0.25, 0.3) is 0 Å². The molecule has 102 valence electrons. The molecule has 0 bridgehead atoms. The Morgan fingerprint density at radius 1 is 1.55 bits per heavy atom. The molecule has 1 aromatic carbocycles. The molecule has 0 amide bonds. The first-order chi connectivity index (χ1) is 9.74. The number of aromatic amines is 1. The molecule has 0 saturated heterocycles. The van der Waals surface area contributed by atoms with E-state index in [4.69, 9.17) is 4.74 Å². The summed E-state index contributed by atoms with van der Waals surface area (Å²) in [4.78, 5) is 15.2. The fourth-order valence-corrected chi connectivity index (χ4v) is 2.75. The predicted octanol–water partition coefficient (Wildman–Crippen LogP) is 1.62. The largest absolute Gasteiger partial charge is 0.465 e. The average molecular weight is 269 g/mol. The Hall–Kier alpha value is -2.32. The van der Waals surface area contributed by atoms with Crippen LogP contribution in [0, 0.1) is 11.3 Å². The van der Waals surface area contributed by atoms with Crippen molar-refractivity contribution in [1.29, 1.82) is 5.26 Å². The Morgan fingerprint density at radius 2 is 2.40 bits per heavy atom. The molecule has 0 saturated carbocycles. The lowest BCUT2D eigenvalue weighted by Crippen LogP contribution is -2.42.